The predicted octanol–water partition coefficient (Wildman–Crippen LogP) is 0.735. The number of thioether (sulfide) groups is 2. The van der Waals surface area contributed by atoms with Crippen molar-refractivity contribution in [1.82, 2.24) is 0 Å². The minimum Gasteiger partial charge on any atom is -0.367 e. The summed E-state index contributed by atoms with van der Waals surface area (Å²) < 4.78 is 5.54. The molecule has 0 aromatic rings. The van der Waals surface area contributed by atoms with Gasteiger partial charge in [-0.1, -0.05) is 0 Å². The van der Waals surface area contributed by atoms with Crippen LogP contribution in [0.15, 0.2) is 0 Å². The summed E-state index contributed by atoms with van der Waals surface area (Å²) in [5.41, 5.74) is 0. The van der Waals surface area contributed by atoms with Crippen molar-refractivity contribution in [3.05, 3.63) is 0 Å². The van der Waals surface area contributed by atoms with Crippen LogP contribution in [0.1, 0.15) is 0 Å². The molecule has 0 aromatic heterocycles. The first-order chi connectivity index (χ1) is 4.45. The van der Waals surface area contributed by atoms with Crippen LogP contribution < -0.4 is 0 Å². The Kier molecular flexibility index (Phi) is 0.544. The Labute approximate surface area is 61.9 Å². The van der Waals surface area contributed by atoms with Gasteiger partial charge in [-0.3, -0.25) is 0 Å². The summed E-state index contributed by atoms with van der Waals surface area (Å²) in [7, 11) is 0. The van der Waals surface area contributed by atoms with Crippen molar-refractivity contribution >= 4 is 23.5 Å². The Balaban J connectivity index is 1.84. The lowest BCUT2D eigenvalue weighted by atomic mass is 10.0. The van der Waals surface area contributed by atoms with E-state index in [1.165, 1.54) is 0 Å². The Hall–Kier alpha value is 0.660. The molecular weight excluding hydrogens is 152 g/mol. The highest BCUT2D eigenvalue weighted by molar-refractivity contribution is 8.13. The minimum atomic E-state index is 0.705. The van der Waals surface area contributed by atoms with E-state index < -0.39 is 0 Å². The average molecular weight is 158 g/mol. The van der Waals surface area contributed by atoms with E-state index in [0.717, 1.165) is 21.0 Å². The Morgan fingerprint density at radius 3 is 1.89 bits per heavy atom. The third-order valence-corrected chi connectivity index (χ3v) is 5.75. The molecule has 3 heterocycles. The molecule has 48 valence electrons. The van der Waals surface area contributed by atoms with Gasteiger partial charge in [-0.05, 0) is 0 Å². The maximum atomic E-state index is 5.54. The fourth-order valence-corrected chi connectivity index (χ4v) is 5.17. The van der Waals surface area contributed by atoms with E-state index in [1.807, 2.05) is 0 Å². The molecule has 4 rings (SSSR count). The van der Waals surface area contributed by atoms with Crippen LogP contribution >= 0.6 is 23.5 Å². The smallest absolute Gasteiger partial charge is 0.0983 e. The van der Waals surface area contributed by atoms with E-state index >= 15 is 0 Å². The zero-order valence-electron chi connectivity index (χ0n) is 4.69. The molecule has 1 nitrogen and oxygen atoms in total. The fraction of sp³-hybridized carbons (Fsp3) is 1.00. The summed E-state index contributed by atoms with van der Waals surface area (Å²) in [6, 6.07) is 0. The lowest BCUT2D eigenvalue weighted by Gasteiger charge is -1.94. The van der Waals surface area contributed by atoms with Crippen LogP contribution in [0.3, 0.4) is 0 Å². The van der Waals surface area contributed by atoms with Crippen molar-refractivity contribution in [1.29, 1.82) is 0 Å². The van der Waals surface area contributed by atoms with Gasteiger partial charge in [0.05, 0.1) is 12.2 Å². The molecule has 9 heavy (non-hydrogen) atoms. The quantitative estimate of drug-likeness (QED) is 0.482. The van der Waals surface area contributed by atoms with Crippen molar-refractivity contribution in [3.8, 4) is 0 Å². The van der Waals surface area contributed by atoms with Crippen LogP contribution in [0.5, 0.6) is 0 Å². The van der Waals surface area contributed by atoms with E-state index in [1.54, 1.807) is 0 Å². The molecule has 0 spiro atoms. The van der Waals surface area contributed by atoms with Gasteiger partial charge in [-0.15, -0.1) is 23.5 Å². The number of fused-ring (bicyclic) bond motifs is 6. The molecule has 3 saturated heterocycles. The molecule has 0 radical (unpaired) electrons. The van der Waals surface area contributed by atoms with Crippen LogP contribution in [-0.2, 0) is 4.74 Å². The van der Waals surface area contributed by atoms with Crippen LogP contribution in [0.25, 0.3) is 0 Å². The van der Waals surface area contributed by atoms with E-state index in [9.17, 15) is 0 Å². The van der Waals surface area contributed by atoms with Crippen molar-refractivity contribution in [2.75, 3.05) is 0 Å². The predicted molar refractivity (Wildman–Crippen MR) is 39.0 cm³/mol. The topological polar surface area (TPSA) is 12.5 Å². The second-order valence-corrected chi connectivity index (χ2v) is 5.92. The van der Waals surface area contributed by atoms with E-state index in [-0.39, 0.29) is 0 Å². The average Bonchev–Trinajstić information content (AvgIpc) is 2.64. The van der Waals surface area contributed by atoms with Crippen molar-refractivity contribution in [3.63, 3.8) is 0 Å². The lowest BCUT2D eigenvalue weighted by molar-refractivity contribution is 0.382. The Bertz CT molecular complexity index is 132. The highest BCUT2D eigenvalue weighted by Crippen LogP contribution is 2.70. The maximum Gasteiger partial charge on any atom is 0.0983 e. The second-order valence-electron chi connectivity index (χ2n) is 3.20. The standard InChI is InChI=1S/C6H6OS2/c7-1-2(7)4-6(9-4)5-3(1)8-5/h1-6H. The molecule has 6 unspecified atom stereocenters. The number of rotatable bonds is 0. The zero-order valence-corrected chi connectivity index (χ0v) is 6.32. The van der Waals surface area contributed by atoms with Gasteiger partial charge in [-0.2, -0.15) is 0 Å². The number of hydrogen-bond donors (Lipinski definition) is 0. The van der Waals surface area contributed by atoms with Gasteiger partial charge in [-0.25, -0.2) is 0 Å². The highest BCUT2D eigenvalue weighted by atomic mass is 32.2. The second kappa shape index (κ2) is 1.08. The van der Waals surface area contributed by atoms with Crippen LogP contribution in [0.4, 0.5) is 0 Å². The molecule has 1 saturated carbocycles. The first kappa shape index (κ1) is 4.52. The molecule has 0 N–H and O–H groups in total. The van der Waals surface area contributed by atoms with Crippen molar-refractivity contribution in [2.24, 2.45) is 0 Å². The van der Waals surface area contributed by atoms with Gasteiger partial charge < -0.3 is 4.74 Å². The van der Waals surface area contributed by atoms with Crippen molar-refractivity contribution < 1.29 is 4.74 Å². The summed E-state index contributed by atoms with van der Waals surface area (Å²) >= 11 is 4.31. The first-order valence-electron chi connectivity index (χ1n) is 3.41. The Morgan fingerprint density at radius 2 is 1.33 bits per heavy atom. The third-order valence-electron chi connectivity index (χ3n) is 2.66. The molecule has 6 atom stereocenters. The number of epoxide rings is 1. The van der Waals surface area contributed by atoms with Gasteiger partial charge in [0.1, 0.15) is 0 Å². The zero-order chi connectivity index (χ0) is 5.59. The van der Waals surface area contributed by atoms with Gasteiger partial charge in [0.25, 0.3) is 0 Å². The summed E-state index contributed by atoms with van der Waals surface area (Å²) in [6.07, 6.45) is 1.41. The van der Waals surface area contributed by atoms with Crippen LogP contribution in [0.2, 0.25) is 0 Å². The summed E-state index contributed by atoms with van der Waals surface area (Å²) in [5.74, 6) is 0. The lowest BCUT2D eigenvalue weighted by Crippen LogP contribution is -2.20. The molecule has 4 aliphatic rings. The van der Waals surface area contributed by atoms with Crippen LogP contribution in [0, 0.1) is 0 Å². The normalized spacial score (nSPS) is 80.0. The number of ether oxygens (including phenoxy) is 1. The fourth-order valence-electron chi connectivity index (χ4n) is 1.99. The molecular formula is C6H6OS2. The minimum absolute atomic E-state index is 0.705. The largest absolute Gasteiger partial charge is 0.367 e. The van der Waals surface area contributed by atoms with Gasteiger partial charge in [0.2, 0.25) is 0 Å². The molecule has 1 aliphatic carbocycles. The van der Waals surface area contributed by atoms with Crippen LogP contribution in [-0.4, -0.2) is 33.2 Å². The van der Waals surface area contributed by atoms with Gasteiger partial charge in [0, 0.05) is 21.0 Å². The molecule has 0 bridgehead atoms. The molecule has 3 heteroatoms. The maximum absolute atomic E-state index is 5.54. The monoisotopic (exact) mass is 158 g/mol. The highest BCUT2D eigenvalue weighted by Gasteiger charge is 2.74. The Morgan fingerprint density at radius 1 is 0.778 bits per heavy atom. The molecule has 3 aliphatic heterocycles. The summed E-state index contributed by atoms with van der Waals surface area (Å²) in [6.45, 7) is 0. The molecule has 0 aromatic carbocycles. The van der Waals surface area contributed by atoms with E-state index in [0.29, 0.717) is 12.2 Å². The third kappa shape index (κ3) is 0.409. The van der Waals surface area contributed by atoms with Gasteiger partial charge >= 0.3 is 0 Å². The summed E-state index contributed by atoms with van der Waals surface area (Å²) in [5, 5.41) is 3.91. The SMILES string of the molecule is O1C2C1C1SC1C1SC21. The molecule has 0 amide bonds. The number of hydrogen-bond acceptors (Lipinski definition) is 3. The summed E-state index contributed by atoms with van der Waals surface area (Å²) in [4.78, 5) is 0. The first-order valence-corrected chi connectivity index (χ1v) is 5.30. The van der Waals surface area contributed by atoms with Crippen molar-refractivity contribution in [2.45, 2.75) is 33.2 Å². The molecule has 4 fully saturated rings. The van der Waals surface area contributed by atoms with E-state index in [2.05, 4.69) is 23.5 Å². The van der Waals surface area contributed by atoms with E-state index in [4.69, 9.17) is 4.74 Å². The van der Waals surface area contributed by atoms with Gasteiger partial charge in [0.15, 0.2) is 0 Å².